The third kappa shape index (κ3) is 6.08. The van der Waals surface area contributed by atoms with Gasteiger partial charge in [0.2, 0.25) is 17.7 Å². The van der Waals surface area contributed by atoms with Crippen molar-refractivity contribution in [3.63, 3.8) is 0 Å². The highest BCUT2D eigenvalue weighted by molar-refractivity contribution is 5.81. The third-order valence-corrected chi connectivity index (χ3v) is 8.25. The molecule has 4 rings (SSSR count). The Morgan fingerprint density at radius 1 is 1.14 bits per heavy atom. The zero-order chi connectivity index (χ0) is 25.2. The molecule has 2 aliphatic heterocycles. The molecule has 1 amide bonds. The summed E-state index contributed by atoms with van der Waals surface area (Å²) in [5.41, 5.74) is 7.16. The van der Waals surface area contributed by atoms with Gasteiger partial charge in [-0.15, -0.1) is 0 Å². The van der Waals surface area contributed by atoms with Crippen LogP contribution < -0.4 is 11.1 Å². The number of benzene rings is 1. The molecular formula is C27H40F2N5O+. The number of nitrogens with one attached hydrogen (secondary N) is 2. The van der Waals surface area contributed by atoms with Crippen LogP contribution in [0, 0.1) is 11.3 Å². The second-order valence-electron chi connectivity index (χ2n) is 10.7. The van der Waals surface area contributed by atoms with Crippen molar-refractivity contribution in [1.82, 2.24) is 10.2 Å². The fourth-order valence-electron chi connectivity index (χ4n) is 6.53. The highest BCUT2D eigenvalue weighted by Crippen LogP contribution is 2.38. The van der Waals surface area contributed by atoms with Gasteiger partial charge in [-0.3, -0.25) is 9.69 Å². The lowest BCUT2D eigenvalue weighted by Crippen LogP contribution is -2.51. The van der Waals surface area contributed by atoms with Gasteiger partial charge in [-0.05, 0) is 50.5 Å². The van der Waals surface area contributed by atoms with E-state index in [2.05, 4.69) is 10.2 Å². The number of amides is 1. The predicted molar refractivity (Wildman–Crippen MR) is 134 cm³/mol. The van der Waals surface area contributed by atoms with Crippen molar-refractivity contribution in [2.45, 2.75) is 102 Å². The van der Waals surface area contributed by atoms with E-state index in [1.165, 1.54) is 0 Å². The fraction of sp³-hybridized carbons (Fsp3) is 0.667. The van der Waals surface area contributed by atoms with Crippen molar-refractivity contribution >= 4 is 17.6 Å². The molecule has 2 unspecified atom stereocenters. The molecule has 2 heterocycles. The van der Waals surface area contributed by atoms with Crippen molar-refractivity contribution < 1.29 is 18.2 Å². The molecule has 2 bridgehead atoms. The number of amidine groups is 2. The molecule has 0 aromatic heterocycles. The first kappa shape index (κ1) is 25.7. The van der Waals surface area contributed by atoms with Gasteiger partial charge in [0.1, 0.15) is 0 Å². The molecule has 4 N–H and O–H groups in total. The molecule has 192 valence electrons. The van der Waals surface area contributed by atoms with E-state index in [-0.39, 0.29) is 49.6 Å². The summed E-state index contributed by atoms with van der Waals surface area (Å²) in [6, 6.07) is 11.0. The Morgan fingerprint density at radius 3 is 2.29 bits per heavy atom. The Morgan fingerprint density at radius 2 is 1.74 bits per heavy atom. The van der Waals surface area contributed by atoms with E-state index in [4.69, 9.17) is 11.1 Å². The Hall–Kier alpha value is -2.35. The number of hydrogen-bond acceptors (Lipinski definition) is 3. The molecule has 0 spiro atoms. The minimum Gasteiger partial charge on any atom is -0.349 e. The number of halogens is 2. The standard InChI is InChI=1S/C27H39F2N5O/c1-18(30)34(19(2)31)24-16-22-8-9-23(17-24)33(22)15-12-25(20-6-4-3-5-7-20)32-26(35)21-10-13-27(28,29)14-11-21/h3-7,21-25,30-31H,8-17H2,1-2H3,(H,32,35)/p+1/t22?,23?,24?,25-/m0/s1. The summed E-state index contributed by atoms with van der Waals surface area (Å²) >= 11 is 0. The number of piperidine rings is 1. The van der Waals surface area contributed by atoms with Gasteiger partial charge in [-0.1, -0.05) is 30.3 Å². The summed E-state index contributed by atoms with van der Waals surface area (Å²) in [6.45, 7) is 4.54. The lowest BCUT2D eigenvalue weighted by molar-refractivity contribution is -0.467. The van der Waals surface area contributed by atoms with Crippen LogP contribution >= 0.6 is 0 Å². The Bertz CT molecular complexity index is 922. The van der Waals surface area contributed by atoms with Gasteiger partial charge in [0.15, 0.2) is 5.84 Å². The van der Waals surface area contributed by atoms with Gasteiger partial charge in [0.05, 0.1) is 12.1 Å². The van der Waals surface area contributed by atoms with Gasteiger partial charge in [0, 0.05) is 51.2 Å². The first-order valence-corrected chi connectivity index (χ1v) is 13.1. The van der Waals surface area contributed by atoms with Crippen molar-refractivity contribution in [2.75, 3.05) is 6.54 Å². The Kier molecular flexibility index (Phi) is 7.89. The minimum atomic E-state index is -2.63. The molecule has 2 saturated heterocycles. The van der Waals surface area contributed by atoms with Crippen molar-refractivity contribution in [2.24, 2.45) is 11.7 Å². The second kappa shape index (κ2) is 10.7. The second-order valence-corrected chi connectivity index (χ2v) is 10.7. The molecular weight excluding hydrogens is 448 g/mol. The number of nitrogens with two attached hydrogens (primary N) is 1. The van der Waals surface area contributed by atoms with Gasteiger partial charge in [-0.2, -0.15) is 5.41 Å². The molecule has 6 nitrogen and oxygen atoms in total. The lowest BCUT2D eigenvalue weighted by atomic mass is 9.86. The first-order chi connectivity index (χ1) is 16.6. The minimum absolute atomic E-state index is 0.0953. The summed E-state index contributed by atoms with van der Waals surface area (Å²) in [7, 11) is 0. The van der Waals surface area contributed by atoms with Crippen LogP contribution in [0.4, 0.5) is 8.78 Å². The number of alkyl halides is 2. The monoisotopic (exact) mass is 488 g/mol. The summed E-state index contributed by atoms with van der Waals surface area (Å²) in [5.74, 6) is -1.88. The maximum atomic E-state index is 13.6. The van der Waals surface area contributed by atoms with Gasteiger partial charge < -0.3 is 11.1 Å². The zero-order valence-corrected chi connectivity index (χ0v) is 21.0. The van der Waals surface area contributed by atoms with Gasteiger partial charge in [0.25, 0.3) is 0 Å². The van der Waals surface area contributed by atoms with Gasteiger partial charge >= 0.3 is 0 Å². The molecule has 1 saturated carbocycles. The van der Waals surface area contributed by atoms with E-state index in [0.29, 0.717) is 23.8 Å². The average Bonchev–Trinajstić information content (AvgIpc) is 3.04. The summed E-state index contributed by atoms with van der Waals surface area (Å²) in [4.78, 5) is 15.6. The Labute approximate surface area is 207 Å². The third-order valence-electron chi connectivity index (χ3n) is 8.25. The van der Waals surface area contributed by atoms with Crippen molar-refractivity contribution in [3.05, 3.63) is 35.9 Å². The maximum Gasteiger partial charge on any atom is 0.248 e. The number of nitrogens with zero attached hydrogens (tertiary/aromatic N) is 2. The van der Waals surface area contributed by atoms with E-state index in [9.17, 15) is 13.6 Å². The maximum absolute atomic E-state index is 13.6. The number of rotatable bonds is 7. The van der Waals surface area contributed by atoms with E-state index < -0.39 is 5.92 Å². The van der Waals surface area contributed by atoms with Crippen LogP contribution in [0.3, 0.4) is 0 Å². The quantitative estimate of drug-likeness (QED) is 0.301. The van der Waals surface area contributed by atoms with Crippen LogP contribution in [-0.4, -0.2) is 57.6 Å². The smallest absolute Gasteiger partial charge is 0.248 e. The van der Waals surface area contributed by atoms with Crippen LogP contribution in [0.15, 0.2) is 30.3 Å². The van der Waals surface area contributed by atoms with Crippen LogP contribution in [-0.2, 0) is 4.79 Å². The number of hydrogen-bond donors (Lipinski definition) is 3. The molecule has 1 aromatic carbocycles. The van der Waals surface area contributed by atoms with Crippen LogP contribution in [0.25, 0.3) is 0 Å². The molecule has 3 fully saturated rings. The average molecular weight is 489 g/mol. The number of carbonyl (C=O) groups excluding carboxylic acids is 1. The molecule has 35 heavy (non-hydrogen) atoms. The summed E-state index contributed by atoms with van der Waals surface area (Å²) in [6.07, 6.45) is 5.14. The van der Waals surface area contributed by atoms with E-state index in [1.54, 1.807) is 6.92 Å². The predicted octanol–water partition coefficient (Wildman–Crippen LogP) is 4.44. The highest BCUT2D eigenvalue weighted by atomic mass is 19.3. The number of fused-ring (bicyclic) bond motifs is 2. The van der Waals surface area contributed by atoms with E-state index in [1.807, 2.05) is 41.8 Å². The largest absolute Gasteiger partial charge is 0.349 e. The topological polar surface area (TPSA) is 85.2 Å². The van der Waals surface area contributed by atoms with Crippen molar-refractivity contribution in [3.8, 4) is 0 Å². The normalized spacial score (nSPS) is 28.3. The molecule has 3 atom stereocenters. The van der Waals surface area contributed by atoms with Crippen molar-refractivity contribution in [1.29, 1.82) is 5.41 Å². The van der Waals surface area contributed by atoms with Crippen LogP contribution in [0.5, 0.6) is 0 Å². The molecule has 8 heteroatoms. The molecule has 3 aliphatic rings. The zero-order valence-electron chi connectivity index (χ0n) is 21.0. The highest BCUT2D eigenvalue weighted by Gasteiger charge is 2.43. The molecule has 0 radical (unpaired) electrons. The summed E-state index contributed by atoms with van der Waals surface area (Å²) in [5, 5.41) is 11.4. The number of carbonyl (C=O) groups is 1. The fourth-order valence-corrected chi connectivity index (χ4v) is 6.53. The summed E-state index contributed by atoms with van der Waals surface area (Å²) < 4.78 is 29.1. The lowest BCUT2D eigenvalue weighted by Gasteiger charge is -2.40. The molecule has 1 aromatic rings. The molecule has 1 aliphatic carbocycles. The van der Waals surface area contributed by atoms with Gasteiger partial charge in [-0.25, -0.2) is 13.4 Å². The SMILES string of the molecule is CC(=N)[N+](=C(C)N)C1CC2CCC(C1)N2CC[C@H](NC(=O)C1CCC(F)(F)CC1)c1ccccc1. The first-order valence-electron chi connectivity index (χ1n) is 13.1. The van der Waals surface area contributed by atoms with E-state index in [0.717, 1.165) is 44.2 Å². The van der Waals surface area contributed by atoms with Crippen LogP contribution in [0.1, 0.15) is 83.2 Å². The van der Waals surface area contributed by atoms with E-state index >= 15 is 0 Å². The van der Waals surface area contributed by atoms with Crippen LogP contribution in [0.2, 0.25) is 0 Å². The Balaban J connectivity index is 1.40.